The Bertz CT molecular complexity index is 429. The maximum atomic E-state index is 11.4. The Kier molecular flexibility index (Phi) is 5.31. The molecule has 1 aromatic rings. The molecule has 98 valence electrons. The molecule has 0 fully saturated rings. The average Bonchev–Trinajstić information content (AvgIpc) is 2.77. The van der Waals surface area contributed by atoms with Crippen LogP contribution in [0.15, 0.2) is 17.5 Å². The van der Waals surface area contributed by atoms with Crippen LogP contribution in [0.3, 0.4) is 0 Å². The number of carbonyl (C=O) groups is 3. The van der Waals surface area contributed by atoms with Gasteiger partial charge in [-0.1, -0.05) is 6.07 Å². The molecule has 0 aliphatic heterocycles. The Morgan fingerprint density at radius 2 is 1.94 bits per heavy atom. The Labute approximate surface area is 109 Å². The predicted octanol–water partition coefficient (Wildman–Crippen LogP) is -0.0374. The molecule has 0 radical (unpaired) electrons. The zero-order chi connectivity index (χ0) is 13.5. The topological polar surface area (TPSA) is 87.3 Å². The summed E-state index contributed by atoms with van der Waals surface area (Å²) in [5, 5.41) is 4.27. The van der Waals surface area contributed by atoms with Crippen LogP contribution in [-0.4, -0.2) is 23.8 Å². The van der Waals surface area contributed by atoms with E-state index in [2.05, 4.69) is 16.2 Å². The molecule has 6 nitrogen and oxygen atoms in total. The van der Waals surface area contributed by atoms with Crippen LogP contribution in [0.25, 0.3) is 0 Å². The molecule has 0 aliphatic carbocycles. The molecule has 0 unspecified atom stereocenters. The molecule has 0 atom stereocenters. The van der Waals surface area contributed by atoms with E-state index in [9.17, 15) is 14.4 Å². The van der Waals surface area contributed by atoms with Gasteiger partial charge in [-0.2, -0.15) is 0 Å². The molecule has 1 heterocycles. The lowest BCUT2D eigenvalue weighted by molar-refractivity contribution is -0.141. The van der Waals surface area contributed by atoms with Crippen LogP contribution < -0.4 is 16.2 Å². The normalized spacial score (nSPS) is 9.94. The average molecular weight is 269 g/mol. The first-order valence-electron chi connectivity index (χ1n) is 5.41. The summed E-state index contributed by atoms with van der Waals surface area (Å²) in [5.74, 6) is -2.03. The van der Waals surface area contributed by atoms with Gasteiger partial charge in [-0.3, -0.25) is 25.2 Å². The smallest absolute Gasteiger partial charge is 0.327 e. The number of nitrogens with one attached hydrogen (secondary N) is 3. The van der Waals surface area contributed by atoms with Crippen molar-refractivity contribution in [3.63, 3.8) is 0 Å². The molecule has 0 saturated carbocycles. The maximum absolute atomic E-state index is 11.4. The lowest BCUT2D eigenvalue weighted by Gasteiger charge is -2.09. The molecule has 0 aliphatic rings. The third kappa shape index (κ3) is 4.96. The second-order valence-electron chi connectivity index (χ2n) is 3.89. The lowest BCUT2D eigenvalue weighted by atomic mass is 10.3. The van der Waals surface area contributed by atoms with E-state index in [1.807, 2.05) is 17.5 Å². The van der Waals surface area contributed by atoms with Gasteiger partial charge in [0.2, 0.25) is 5.91 Å². The van der Waals surface area contributed by atoms with Crippen molar-refractivity contribution in [3.05, 3.63) is 22.4 Å². The van der Waals surface area contributed by atoms with E-state index >= 15 is 0 Å². The fourth-order valence-corrected chi connectivity index (χ4v) is 1.83. The summed E-state index contributed by atoms with van der Waals surface area (Å²) in [6.07, 6.45) is 0.170. The van der Waals surface area contributed by atoms with Crippen LogP contribution in [0.5, 0.6) is 0 Å². The minimum absolute atomic E-state index is 0.134. The minimum Gasteiger partial charge on any atom is -0.346 e. The summed E-state index contributed by atoms with van der Waals surface area (Å²) in [4.78, 5) is 34.8. The van der Waals surface area contributed by atoms with Gasteiger partial charge >= 0.3 is 11.8 Å². The van der Waals surface area contributed by atoms with Gasteiger partial charge in [0.15, 0.2) is 0 Å². The minimum atomic E-state index is -0.886. The van der Waals surface area contributed by atoms with Crippen LogP contribution in [0.2, 0.25) is 0 Å². The summed E-state index contributed by atoms with van der Waals surface area (Å²) in [5.41, 5.74) is 4.24. The first-order chi connectivity index (χ1) is 8.49. The molecule has 1 aromatic heterocycles. The molecule has 0 spiro atoms. The first kappa shape index (κ1) is 14.2. The number of carbonyl (C=O) groups excluding carboxylic acids is 3. The van der Waals surface area contributed by atoms with Crippen molar-refractivity contribution in [1.29, 1.82) is 0 Å². The fourth-order valence-electron chi connectivity index (χ4n) is 1.13. The highest BCUT2D eigenvalue weighted by molar-refractivity contribution is 7.10. The fraction of sp³-hybridized carbons (Fsp3) is 0.364. The summed E-state index contributed by atoms with van der Waals surface area (Å²) in [6.45, 7) is 3.47. The largest absolute Gasteiger partial charge is 0.346 e. The van der Waals surface area contributed by atoms with Crippen molar-refractivity contribution < 1.29 is 14.4 Å². The highest BCUT2D eigenvalue weighted by Crippen LogP contribution is 2.08. The Morgan fingerprint density at radius 3 is 2.50 bits per heavy atom. The van der Waals surface area contributed by atoms with E-state index in [0.717, 1.165) is 4.88 Å². The standard InChI is InChI=1S/C11H15N3O3S/c1-7(2)12-10(16)11(17)14-13-9(15)6-8-4-3-5-18-8/h3-5,7H,6H2,1-2H3,(H,12,16)(H,13,15)(H,14,17). The van der Waals surface area contributed by atoms with Crippen LogP contribution in [-0.2, 0) is 20.8 Å². The molecule has 0 bridgehead atoms. The van der Waals surface area contributed by atoms with Gasteiger partial charge in [-0.05, 0) is 25.3 Å². The second-order valence-corrected chi connectivity index (χ2v) is 4.92. The second kappa shape index (κ2) is 6.75. The van der Waals surface area contributed by atoms with E-state index in [-0.39, 0.29) is 18.4 Å². The van der Waals surface area contributed by atoms with Crippen LogP contribution in [0.4, 0.5) is 0 Å². The maximum Gasteiger partial charge on any atom is 0.327 e. The van der Waals surface area contributed by atoms with Gasteiger partial charge < -0.3 is 5.32 Å². The van der Waals surface area contributed by atoms with Crippen molar-refractivity contribution in [2.45, 2.75) is 26.3 Å². The van der Waals surface area contributed by atoms with E-state index in [1.165, 1.54) is 11.3 Å². The van der Waals surface area contributed by atoms with E-state index in [0.29, 0.717) is 0 Å². The van der Waals surface area contributed by atoms with Crippen molar-refractivity contribution in [1.82, 2.24) is 16.2 Å². The number of rotatable bonds is 3. The van der Waals surface area contributed by atoms with E-state index in [1.54, 1.807) is 13.8 Å². The van der Waals surface area contributed by atoms with E-state index < -0.39 is 11.8 Å². The number of hydrogen-bond acceptors (Lipinski definition) is 4. The van der Waals surface area contributed by atoms with Gasteiger partial charge in [0.05, 0.1) is 6.42 Å². The predicted molar refractivity (Wildman–Crippen MR) is 67.6 cm³/mol. The quantitative estimate of drug-likeness (QED) is 0.531. The van der Waals surface area contributed by atoms with Crippen molar-refractivity contribution in [2.24, 2.45) is 0 Å². The molecule has 0 saturated heterocycles. The number of hydrogen-bond donors (Lipinski definition) is 3. The summed E-state index contributed by atoms with van der Waals surface area (Å²) in [6, 6.07) is 3.52. The molecular weight excluding hydrogens is 254 g/mol. The summed E-state index contributed by atoms with van der Waals surface area (Å²) in [7, 11) is 0. The van der Waals surface area contributed by atoms with Gasteiger partial charge in [0, 0.05) is 10.9 Å². The van der Waals surface area contributed by atoms with Crippen molar-refractivity contribution in [2.75, 3.05) is 0 Å². The van der Waals surface area contributed by atoms with Crippen LogP contribution in [0, 0.1) is 0 Å². The van der Waals surface area contributed by atoms with Crippen molar-refractivity contribution >= 4 is 29.1 Å². The van der Waals surface area contributed by atoms with Gasteiger partial charge in [0.1, 0.15) is 0 Å². The zero-order valence-electron chi connectivity index (χ0n) is 10.1. The molecule has 1 rings (SSSR count). The molecule has 3 N–H and O–H groups in total. The SMILES string of the molecule is CC(C)NC(=O)C(=O)NNC(=O)Cc1cccs1. The molecular formula is C11H15N3O3S. The Balaban J connectivity index is 2.30. The summed E-state index contributed by atoms with van der Waals surface area (Å²) >= 11 is 1.45. The monoisotopic (exact) mass is 269 g/mol. The highest BCUT2D eigenvalue weighted by Gasteiger charge is 2.14. The summed E-state index contributed by atoms with van der Waals surface area (Å²) < 4.78 is 0. The zero-order valence-corrected chi connectivity index (χ0v) is 11.0. The molecule has 18 heavy (non-hydrogen) atoms. The number of amides is 3. The highest BCUT2D eigenvalue weighted by atomic mass is 32.1. The molecule has 0 aromatic carbocycles. The molecule has 3 amide bonds. The third-order valence-corrected chi connectivity index (χ3v) is 2.73. The van der Waals surface area contributed by atoms with E-state index in [4.69, 9.17) is 0 Å². The Morgan fingerprint density at radius 1 is 1.22 bits per heavy atom. The van der Waals surface area contributed by atoms with Crippen molar-refractivity contribution in [3.8, 4) is 0 Å². The molecule has 7 heteroatoms. The number of thiophene rings is 1. The van der Waals surface area contributed by atoms with Crippen LogP contribution >= 0.6 is 11.3 Å². The first-order valence-corrected chi connectivity index (χ1v) is 6.29. The number of hydrazine groups is 1. The van der Waals surface area contributed by atoms with Gasteiger partial charge in [-0.25, -0.2) is 0 Å². The van der Waals surface area contributed by atoms with Gasteiger partial charge in [0.25, 0.3) is 0 Å². The van der Waals surface area contributed by atoms with Gasteiger partial charge in [-0.15, -0.1) is 11.3 Å². The lowest BCUT2D eigenvalue weighted by Crippen LogP contribution is -2.50. The van der Waals surface area contributed by atoms with Crippen LogP contribution in [0.1, 0.15) is 18.7 Å². The third-order valence-electron chi connectivity index (χ3n) is 1.86. The Hall–Kier alpha value is -1.89.